The number of benzene rings is 1. The van der Waals surface area contributed by atoms with Gasteiger partial charge in [0.1, 0.15) is 11.4 Å². The molecule has 0 aliphatic heterocycles. The van der Waals surface area contributed by atoms with Crippen molar-refractivity contribution in [3.05, 3.63) is 47.3 Å². The lowest BCUT2D eigenvalue weighted by atomic mass is 10.2. The van der Waals surface area contributed by atoms with Crippen LogP contribution in [0.2, 0.25) is 0 Å². The molecule has 2 aromatic rings. The quantitative estimate of drug-likeness (QED) is 0.895. The Bertz CT molecular complexity index is 590. The van der Waals surface area contributed by atoms with Crippen molar-refractivity contribution in [3.8, 4) is 5.75 Å². The van der Waals surface area contributed by atoms with E-state index in [0.29, 0.717) is 13.0 Å². The third-order valence-corrected chi connectivity index (χ3v) is 2.92. The molecule has 0 radical (unpaired) electrons. The van der Waals surface area contributed by atoms with Gasteiger partial charge in [-0.25, -0.2) is 4.79 Å². The maximum absolute atomic E-state index is 11.2. The molecular formula is C14H16N2O3. The Kier molecular flexibility index (Phi) is 3.85. The minimum absolute atomic E-state index is 0.197. The number of hydrogen-bond donors (Lipinski definition) is 1. The molecule has 0 unspecified atom stereocenters. The molecule has 0 aliphatic carbocycles. The molecule has 0 atom stereocenters. The van der Waals surface area contributed by atoms with Gasteiger partial charge in [0.15, 0.2) is 0 Å². The van der Waals surface area contributed by atoms with Crippen LogP contribution in [-0.4, -0.2) is 28.0 Å². The highest BCUT2D eigenvalue weighted by Crippen LogP contribution is 2.19. The predicted octanol–water partition coefficient (Wildman–Crippen LogP) is 2.20. The number of carboxylic acids is 1. The summed E-state index contributed by atoms with van der Waals surface area (Å²) in [6.45, 7) is 2.33. The van der Waals surface area contributed by atoms with Gasteiger partial charge in [0.25, 0.3) is 0 Å². The molecule has 0 bridgehead atoms. The first-order valence-corrected chi connectivity index (χ1v) is 6.07. The molecule has 1 aromatic heterocycles. The Balaban J connectivity index is 2.37. The largest absolute Gasteiger partial charge is 0.496 e. The zero-order chi connectivity index (χ0) is 13.8. The lowest BCUT2D eigenvalue weighted by Gasteiger charge is -2.09. The molecule has 100 valence electrons. The molecular weight excluding hydrogens is 244 g/mol. The zero-order valence-corrected chi connectivity index (χ0v) is 11.0. The second kappa shape index (κ2) is 5.56. The number of nitrogens with zero attached hydrogens (tertiary/aromatic N) is 2. The van der Waals surface area contributed by atoms with E-state index in [0.717, 1.165) is 17.0 Å². The van der Waals surface area contributed by atoms with Crippen molar-refractivity contribution in [3.63, 3.8) is 0 Å². The Morgan fingerprint density at radius 2 is 2.16 bits per heavy atom. The number of aromatic nitrogens is 2. The molecule has 0 saturated heterocycles. The van der Waals surface area contributed by atoms with E-state index in [9.17, 15) is 9.90 Å². The summed E-state index contributed by atoms with van der Waals surface area (Å²) in [5, 5.41) is 13.5. The standard InChI is InChI=1S/C14H16N2O3/c1-3-11-8-12(14(17)18)16(15-11)9-10-6-4-5-7-13(10)19-2/h4-8H,3,9H2,1-2H3,(H,17,18). The predicted molar refractivity (Wildman–Crippen MR) is 70.7 cm³/mol. The lowest BCUT2D eigenvalue weighted by Crippen LogP contribution is -2.11. The molecule has 1 heterocycles. The summed E-state index contributed by atoms with van der Waals surface area (Å²) in [6.07, 6.45) is 0.708. The number of ether oxygens (including phenoxy) is 1. The maximum Gasteiger partial charge on any atom is 0.354 e. The molecule has 5 heteroatoms. The molecule has 5 nitrogen and oxygen atoms in total. The Morgan fingerprint density at radius 3 is 2.79 bits per heavy atom. The van der Waals surface area contributed by atoms with E-state index in [1.54, 1.807) is 13.2 Å². The van der Waals surface area contributed by atoms with Gasteiger partial charge in [-0.2, -0.15) is 5.10 Å². The fourth-order valence-electron chi connectivity index (χ4n) is 1.93. The smallest absolute Gasteiger partial charge is 0.354 e. The van der Waals surface area contributed by atoms with Crippen LogP contribution >= 0.6 is 0 Å². The van der Waals surface area contributed by atoms with Crippen LogP contribution in [0, 0.1) is 0 Å². The first kappa shape index (κ1) is 13.1. The van der Waals surface area contributed by atoms with Gasteiger partial charge < -0.3 is 9.84 Å². The van der Waals surface area contributed by atoms with E-state index in [1.165, 1.54) is 4.68 Å². The van der Waals surface area contributed by atoms with Crippen molar-refractivity contribution in [1.29, 1.82) is 0 Å². The van der Waals surface area contributed by atoms with E-state index >= 15 is 0 Å². The van der Waals surface area contributed by atoms with Gasteiger partial charge in [-0.15, -0.1) is 0 Å². The van der Waals surface area contributed by atoms with Gasteiger partial charge in [0.2, 0.25) is 0 Å². The van der Waals surface area contributed by atoms with E-state index in [2.05, 4.69) is 5.10 Å². The minimum atomic E-state index is -0.970. The van der Waals surface area contributed by atoms with Crippen LogP contribution < -0.4 is 4.74 Å². The SMILES string of the molecule is CCc1cc(C(=O)O)n(Cc2ccccc2OC)n1. The number of hydrogen-bond acceptors (Lipinski definition) is 3. The fourth-order valence-corrected chi connectivity index (χ4v) is 1.93. The van der Waals surface area contributed by atoms with Crippen LogP contribution in [0.3, 0.4) is 0 Å². The number of carbonyl (C=O) groups is 1. The minimum Gasteiger partial charge on any atom is -0.496 e. The van der Waals surface area contributed by atoms with E-state index in [4.69, 9.17) is 4.74 Å². The van der Waals surface area contributed by atoms with Crippen molar-refractivity contribution in [2.45, 2.75) is 19.9 Å². The first-order valence-electron chi connectivity index (χ1n) is 6.07. The number of aromatic carboxylic acids is 1. The van der Waals surface area contributed by atoms with Crippen molar-refractivity contribution in [2.75, 3.05) is 7.11 Å². The maximum atomic E-state index is 11.2. The van der Waals surface area contributed by atoms with Crippen molar-refractivity contribution >= 4 is 5.97 Å². The van der Waals surface area contributed by atoms with E-state index in [1.807, 2.05) is 31.2 Å². The molecule has 0 saturated carbocycles. The van der Waals surface area contributed by atoms with E-state index < -0.39 is 5.97 Å². The average molecular weight is 260 g/mol. The highest BCUT2D eigenvalue weighted by Gasteiger charge is 2.14. The summed E-state index contributed by atoms with van der Waals surface area (Å²) in [5.41, 5.74) is 1.87. The summed E-state index contributed by atoms with van der Waals surface area (Å²) < 4.78 is 6.76. The molecule has 19 heavy (non-hydrogen) atoms. The van der Waals surface area contributed by atoms with Crippen molar-refractivity contribution < 1.29 is 14.6 Å². The fraction of sp³-hybridized carbons (Fsp3) is 0.286. The van der Waals surface area contributed by atoms with Crippen LogP contribution in [-0.2, 0) is 13.0 Å². The Labute approximate surface area is 111 Å². The molecule has 1 N–H and O–H groups in total. The van der Waals surface area contributed by atoms with Gasteiger partial charge in [0, 0.05) is 5.56 Å². The van der Waals surface area contributed by atoms with Crippen LogP contribution in [0.25, 0.3) is 0 Å². The van der Waals surface area contributed by atoms with Crippen LogP contribution in [0.5, 0.6) is 5.75 Å². The molecule has 2 rings (SSSR count). The molecule has 0 spiro atoms. The molecule has 0 fully saturated rings. The number of rotatable bonds is 5. The lowest BCUT2D eigenvalue weighted by molar-refractivity contribution is 0.0684. The van der Waals surface area contributed by atoms with Crippen LogP contribution in [0.4, 0.5) is 0 Å². The highest BCUT2D eigenvalue weighted by atomic mass is 16.5. The van der Waals surface area contributed by atoms with Crippen molar-refractivity contribution in [2.24, 2.45) is 0 Å². The first-order chi connectivity index (χ1) is 9.15. The molecule has 0 amide bonds. The topological polar surface area (TPSA) is 64.3 Å². The molecule has 1 aromatic carbocycles. The monoisotopic (exact) mass is 260 g/mol. The summed E-state index contributed by atoms with van der Waals surface area (Å²) >= 11 is 0. The summed E-state index contributed by atoms with van der Waals surface area (Å²) in [5.74, 6) is -0.241. The van der Waals surface area contributed by atoms with Gasteiger partial charge in [-0.3, -0.25) is 4.68 Å². The highest BCUT2D eigenvalue weighted by molar-refractivity contribution is 5.85. The third-order valence-electron chi connectivity index (χ3n) is 2.92. The van der Waals surface area contributed by atoms with Gasteiger partial charge in [0.05, 0.1) is 19.3 Å². The summed E-state index contributed by atoms with van der Waals surface area (Å²) in [4.78, 5) is 11.2. The zero-order valence-electron chi connectivity index (χ0n) is 11.0. The second-order valence-electron chi connectivity index (χ2n) is 4.15. The summed E-state index contributed by atoms with van der Waals surface area (Å²) in [7, 11) is 1.59. The number of para-hydroxylation sites is 1. The Morgan fingerprint density at radius 1 is 1.42 bits per heavy atom. The normalized spacial score (nSPS) is 10.4. The second-order valence-corrected chi connectivity index (χ2v) is 4.15. The number of methoxy groups -OCH3 is 1. The van der Waals surface area contributed by atoms with Gasteiger partial charge in [-0.1, -0.05) is 25.1 Å². The third kappa shape index (κ3) is 2.76. The van der Waals surface area contributed by atoms with Crippen LogP contribution in [0.15, 0.2) is 30.3 Å². The van der Waals surface area contributed by atoms with Gasteiger partial charge >= 0.3 is 5.97 Å². The van der Waals surface area contributed by atoms with Gasteiger partial charge in [-0.05, 0) is 18.6 Å². The summed E-state index contributed by atoms with van der Waals surface area (Å²) in [6, 6.07) is 9.12. The van der Waals surface area contributed by atoms with E-state index in [-0.39, 0.29) is 5.69 Å². The number of aryl methyl sites for hydroxylation is 1. The average Bonchev–Trinajstić information content (AvgIpc) is 2.82. The number of carboxylic acid groups (broad SMARTS) is 1. The Hall–Kier alpha value is -2.30. The molecule has 0 aliphatic rings. The van der Waals surface area contributed by atoms with Crippen molar-refractivity contribution in [1.82, 2.24) is 9.78 Å². The van der Waals surface area contributed by atoms with Crippen LogP contribution in [0.1, 0.15) is 28.7 Å².